The molecular weight excluding hydrogens is 649 g/mol. The molecule has 0 aliphatic heterocycles. The summed E-state index contributed by atoms with van der Waals surface area (Å²) in [7, 11) is 3.23. The van der Waals surface area contributed by atoms with Gasteiger partial charge in [0, 0.05) is 26.6 Å². The molecule has 1 unspecified atom stereocenters. The number of anilines is 1. The third-order valence-corrected chi connectivity index (χ3v) is 7.11. The van der Waals surface area contributed by atoms with Crippen molar-refractivity contribution in [2.45, 2.75) is 123 Å². The number of carbonyl (C=O) groups is 3. The van der Waals surface area contributed by atoms with Crippen molar-refractivity contribution >= 4 is 23.8 Å². The van der Waals surface area contributed by atoms with Crippen LogP contribution in [0, 0.1) is 0 Å². The van der Waals surface area contributed by atoms with Crippen LogP contribution < -0.4 is 38.8 Å². The average molecular weight is 706 g/mol. The molecule has 0 saturated heterocycles. The first-order chi connectivity index (χ1) is 19.9. The fourth-order valence-electron chi connectivity index (χ4n) is 4.62. The summed E-state index contributed by atoms with van der Waals surface area (Å²) < 4.78 is 17.5. The molecule has 0 saturated carbocycles. The van der Waals surface area contributed by atoms with Gasteiger partial charge in [-0.1, -0.05) is 103 Å². The van der Waals surface area contributed by atoms with Crippen LogP contribution in [-0.2, 0) is 26.1 Å². The molecule has 0 aromatic carbocycles. The smallest absolute Gasteiger partial charge is 0.421 e. The molecule has 242 valence electrons. The van der Waals surface area contributed by atoms with Gasteiger partial charge < -0.3 is 43.5 Å². The predicted octanol–water partition coefficient (Wildman–Crippen LogP) is 4.01. The second kappa shape index (κ2) is 26.7. The number of nitrogens with one attached hydrogen (secondary N) is 1. The maximum absolute atomic E-state index is 12.5. The van der Waals surface area contributed by atoms with Crippen molar-refractivity contribution in [3.63, 3.8) is 0 Å². The Bertz CT molecular complexity index is 857. The molecule has 10 heteroatoms. The maximum Gasteiger partial charge on any atom is 0.421 e. The summed E-state index contributed by atoms with van der Waals surface area (Å²) in [5, 5.41) is 2.76. The van der Waals surface area contributed by atoms with Gasteiger partial charge in [-0.2, -0.15) is 0 Å². The highest BCUT2D eigenvalue weighted by atomic mass is 127. The summed E-state index contributed by atoms with van der Waals surface area (Å²) in [5.41, 5.74) is 0.395. The van der Waals surface area contributed by atoms with E-state index in [1.165, 1.54) is 104 Å². The Labute approximate surface area is 271 Å². The van der Waals surface area contributed by atoms with E-state index in [0.29, 0.717) is 12.2 Å². The third kappa shape index (κ3) is 20.0. The number of aromatic nitrogens is 1. The largest absolute Gasteiger partial charge is 1.00 e. The summed E-state index contributed by atoms with van der Waals surface area (Å²) in [5.74, 6) is -0.472. The van der Waals surface area contributed by atoms with Crippen molar-refractivity contribution in [1.29, 1.82) is 0 Å². The standard InChI is InChI=1S/C32H55N3O6.HI/c1-5-6-7-8-9-10-11-12-13-14-15-16-17-18-19-20-23-33-31(37)40-26-30(39-4)27-41-32(38)35(28(2)36)29-22-21-24-34(3)25-29;/h21-22,24-25,30H,5-20,23,26-27H2,1-4H3;1H. The summed E-state index contributed by atoms with van der Waals surface area (Å²) in [6.45, 7) is 3.88. The highest BCUT2D eigenvalue weighted by Gasteiger charge is 2.25. The van der Waals surface area contributed by atoms with Crippen molar-refractivity contribution in [2.24, 2.45) is 7.05 Å². The Hall–Kier alpha value is -1.95. The van der Waals surface area contributed by atoms with Gasteiger partial charge in [0.15, 0.2) is 12.4 Å². The fourth-order valence-corrected chi connectivity index (χ4v) is 4.62. The lowest BCUT2D eigenvalue weighted by Crippen LogP contribution is -3.00. The van der Waals surface area contributed by atoms with Gasteiger partial charge in [-0.25, -0.2) is 19.1 Å². The van der Waals surface area contributed by atoms with E-state index in [1.807, 2.05) is 0 Å². The number of carbonyl (C=O) groups excluding carboxylic acids is 3. The van der Waals surface area contributed by atoms with Crippen molar-refractivity contribution in [3.8, 4) is 0 Å². The van der Waals surface area contributed by atoms with Crippen molar-refractivity contribution in [1.82, 2.24) is 5.32 Å². The zero-order valence-corrected chi connectivity index (χ0v) is 28.7. The molecule has 0 aliphatic carbocycles. The fraction of sp³-hybridized carbons (Fsp3) is 0.750. The molecule has 1 aromatic rings. The quantitative estimate of drug-likeness (QED) is 0.105. The van der Waals surface area contributed by atoms with E-state index in [2.05, 4.69) is 12.2 Å². The first kappa shape index (κ1) is 40.1. The van der Waals surface area contributed by atoms with Crippen LogP contribution in [-0.4, -0.2) is 51.1 Å². The molecule has 1 rings (SSSR count). The van der Waals surface area contributed by atoms with Crippen molar-refractivity contribution in [3.05, 3.63) is 24.5 Å². The van der Waals surface area contributed by atoms with Crippen LogP contribution in [0.15, 0.2) is 24.5 Å². The first-order valence-corrected chi connectivity index (χ1v) is 15.7. The Morgan fingerprint density at radius 2 is 1.33 bits per heavy atom. The number of amides is 3. The summed E-state index contributed by atoms with van der Waals surface area (Å²) in [6.07, 6.45) is 22.3. The van der Waals surface area contributed by atoms with E-state index in [9.17, 15) is 14.4 Å². The molecule has 1 heterocycles. The Balaban J connectivity index is 0.0000168. The van der Waals surface area contributed by atoms with Crippen LogP contribution in [0.5, 0.6) is 0 Å². The summed E-state index contributed by atoms with van der Waals surface area (Å²) in [6, 6.07) is 3.37. The van der Waals surface area contributed by atoms with Crippen LogP contribution in [0.25, 0.3) is 0 Å². The lowest BCUT2D eigenvalue weighted by Gasteiger charge is -2.20. The minimum absolute atomic E-state index is 0. The highest BCUT2D eigenvalue weighted by Crippen LogP contribution is 2.15. The van der Waals surface area contributed by atoms with Crippen LogP contribution >= 0.6 is 0 Å². The zero-order chi connectivity index (χ0) is 30.1. The number of hydrogen-bond acceptors (Lipinski definition) is 6. The molecular formula is C32H56IN3O6. The third-order valence-electron chi connectivity index (χ3n) is 7.11. The van der Waals surface area contributed by atoms with Crippen LogP contribution in [0.1, 0.15) is 117 Å². The van der Waals surface area contributed by atoms with Crippen molar-refractivity contribution in [2.75, 3.05) is 31.8 Å². The second-order valence-corrected chi connectivity index (χ2v) is 10.8. The Morgan fingerprint density at radius 3 is 1.81 bits per heavy atom. The number of ether oxygens (including phenoxy) is 3. The van der Waals surface area contributed by atoms with E-state index in [4.69, 9.17) is 14.2 Å². The van der Waals surface area contributed by atoms with Gasteiger partial charge in [-0.15, -0.1) is 0 Å². The molecule has 9 nitrogen and oxygen atoms in total. The first-order valence-electron chi connectivity index (χ1n) is 15.7. The number of nitrogens with zero attached hydrogens (tertiary/aromatic N) is 2. The number of halogens is 1. The van der Waals surface area contributed by atoms with E-state index in [-0.39, 0.29) is 37.2 Å². The molecule has 1 N–H and O–H groups in total. The number of aryl methyl sites for hydroxylation is 1. The number of hydrogen-bond donors (Lipinski definition) is 1. The maximum atomic E-state index is 12.5. The van der Waals surface area contributed by atoms with Gasteiger partial charge in [-0.05, 0) is 12.5 Å². The minimum Gasteiger partial charge on any atom is -1.00 e. The number of alkyl carbamates (subject to hydrolysis) is 1. The van der Waals surface area contributed by atoms with Crippen LogP contribution in [0.3, 0.4) is 0 Å². The number of pyridine rings is 1. The van der Waals surface area contributed by atoms with Crippen LogP contribution in [0.2, 0.25) is 0 Å². The van der Waals surface area contributed by atoms with Crippen molar-refractivity contribution < 1.29 is 57.1 Å². The summed E-state index contributed by atoms with van der Waals surface area (Å²) >= 11 is 0. The average Bonchev–Trinajstić information content (AvgIpc) is 2.94. The Kier molecular flexibility index (Phi) is 25.4. The van der Waals surface area contributed by atoms with Gasteiger partial charge in [0.05, 0.1) is 0 Å². The Morgan fingerprint density at radius 1 is 0.833 bits per heavy atom. The van der Waals surface area contributed by atoms with Gasteiger partial charge in [0.25, 0.3) is 0 Å². The second-order valence-electron chi connectivity index (χ2n) is 10.8. The van der Waals surface area contributed by atoms with Gasteiger partial charge >= 0.3 is 12.2 Å². The molecule has 42 heavy (non-hydrogen) atoms. The van der Waals surface area contributed by atoms with E-state index in [1.54, 1.807) is 36.1 Å². The monoisotopic (exact) mass is 705 g/mol. The lowest BCUT2D eigenvalue weighted by molar-refractivity contribution is -0.670. The molecule has 1 atom stereocenters. The zero-order valence-electron chi connectivity index (χ0n) is 26.5. The number of rotatable bonds is 23. The van der Waals surface area contributed by atoms with Crippen LogP contribution in [0.4, 0.5) is 15.3 Å². The lowest BCUT2D eigenvalue weighted by atomic mass is 10.0. The number of unbranched alkanes of at least 4 members (excludes halogenated alkanes) is 15. The SMILES string of the molecule is CCCCCCCCCCCCCCCCCCNC(=O)OCC(COC(=O)N(C(C)=O)c1ccc[n+](C)c1)OC.[I-]. The summed E-state index contributed by atoms with van der Waals surface area (Å²) in [4.78, 5) is 37.5. The highest BCUT2D eigenvalue weighted by molar-refractivity contribution is 6.11. The molecule has 0 spiro atoms. The normalized spacial score (nSPS) is 11.3. The molecule has 3 amide bonds. The van der Waals surface area contributed by atoms with Gasteiger partial charge in [0.1, 0.15) is 32.1 Å². The van der Waals surface area contributed by atoms with E-state index < -0.39 is 24.2 Å². The van der Waals surface area contributed by atoms with E-state index >= 15 is 0 Å². The topological polar surface area (TPSA) is 98.0 Å². The molecule has 0 radical (unpaired) electrons. The molecule has 0 fully saturated rings. The molecule has 0 aliphatic rings. The van der Waals surface area contributed by atoms with Gasteiger partial charge in [0.2, 0.25) is 5.91 Å². The number of methoxy groups -OCH3 is 1. The minimum atomic E-state index is -0.821. The molecule has 0 bridgehead atoms. The molecule has 1 aromatic heterocycles. The predicted molar refractivity (Wildman–Crippen MR) is 162 cm³/mol. The number of imide groups is 1. The van der Waals surface area contributed by atoms with Gasteiger partial charge in [-0.3, -0.25) is 4.79 Å². The van der Waals surface area contributed by atoms with E-state index in [0.717, 1.165) is 17.7 Å².